The van der Waals surface area contributed by atoms with Gasteiger partial charge in [-0.2, -0.15) is 0 Å². The molecular formula is C11H13N3OS. The summed E-state index contributed by atoms with van der Waals surface area (Å²) < 4.78 is 4.96. The van der Waals surface area contributed by atoms with Gasteiger partial charge in [-0.3, -0.25) is 0 Å². The Balaban J connectivity index is 2.28. The second kappa shape index (κ2) is 4.57. The van der Waals surface area contributed by atoms with Crippen LogP contribution in [-0.4, -0.2) is 22.3 Å². The predicted octanol–water partition coefficient (Wildman–Crippen LogP) is 2.73. The van der Waals surface area contributed by atoms with Crippen LogP contribution in [0.3, 0.4) is 0 Å². The van der Waals surface area contributed by atoms with Crippen LogP contribution in [0.25, 0.3) is 10.7 Å². The number of thiazole rings is 1. The van der Waals surface area contributed by atoms with Crippen LogP contribution in [0.15, 0.2) is 18.3 Å². The van der Waals surface area contributed by atoms with Crippen LogP contribution in [-0.2, 0) is 0 Å². The van der Waals surface area contributed by atoms with Gasteiger partial charge in [-0.05, 0) is 12.0 Å². The fraction of sp³-hybridized carbons (Fsp3) is 0.364. The lowest BCUT2D eigenvalue weighted by Crippen LogP contribution is -1.91. The van der Waals surface area contributed by atoms with Gasteiger partial charge in [0.1, 0.15) is 10.7 Å². The molecule has 0 spiro atoms. The van der Waals surface area contributed by atoms with Crippen molar-refractivity contribution in [2.75, 3.05) is 7.11 Å². The zero-order valence-corrected chi connectivity index (χ0v) is 10.3. The molecule has 0 unspecified atom stereocenters. The molecule has 84 valence electrons. The van der Waals surface area contributed by atoms with E-state index < -0.39 is 0 Å². The standard InChI is InChI=1S/C11H13N3OS/c1-7(2)9-6-12-11(16-9)8-4-5-10(15-3)14-13-8/h4-7H,1-3H3. The number of aromatic nitrogens is 3. The van der Waals surface area contributed by atoms with Gasteiger partial charge in [0.05, 0.1) is 7.11 Å². The molecule has 2 aromatic rings. The van der Waals surface area contributed by atoms with Crippen molar-refractivity contribution < 1.29 is 4.74 Å². The molecule has 2 rings (SSSR count). The van der Waals surface area contributed by atoms with E-state index in [1.165, 1.54) is 4.88 Å². The molecule has 0 amide bonds. The van der Waals surface area contributed by atoms with Gasteiger partial charge in [0.15, 0.2) is 0 Å². The van der Waals surface area contributed by atoms with Gasteiger partial charge in [0, 0.05) is 17.1 Å². The number of methoxy groups -OCH3 is 1. The SMILES string of the molecule is COc1ccc(-c2ncc(C(C)C)s2)nn1. The van der Waals surface area contributed by atoms with Crippen molar-refractivity contribution >= 4 is 11.3 Å². The number of hydrogen-bond donors (Lipinski definition) is 0. The summed E-state index contributed by atoms with van der Waals surface area (Å²) in [6.07, 6.45) is 1.90. The summed E-state index contributed by atoms with van der Waals surface area (Å²) in [6, 6.07) is 3.66. The quantitative estimate of drug-likeness (QED) is 0.820. The van der Waals surface area contributed by atoms with E-state index in [1.807, 2.05) is 12.3 Å². The Morgan fingerprint density at radius 1 is 1.25 bits per heavy atom. The summed E-state index contributed by atoms with van der Waals surface area (Å²) in [4.78, 5) is 5.60. The Morgan fingerprint density at radius 2 is 2.06 bits per heavy atom. The van der Waals surface area contributed by atoms with E-state index in [0.717, 1.165) is 10.7 Å². The fourth-order valence-electron chi connectivity index (χ4n) is 1.21. The summed E-state index contributed by atoms with van der Waals surface area (Å²) in [5, 5.41) is 8.89. The van der Waals surface area contributed by atoms with E-state index in [9.17, 15) is 0 Å². The zero-order chi connectivity index (χ0) is 11.5. The molecule has 0 bridgehead atoms. The zero-order valence-electron chi connectivity index (χ0n) is 9.47. The first kappa shape index (κ1) is 11.0. The Bertz CT molecular complexity index is 464. The van der Waals surface area contributed by atoms with Crippen LogP contribution in [0.4, 0.5) is 0 Å². The molecule has 0 aliphatic heterocycles. The summed E-state index contributed by atoms with van der Waals surface area (Å²) in [7, 11) is 1.57. The van der Waals surface area contributed by atoms with Crippen molar-refractivity contribution in [1.82, 2.24) is 15.2 Å². The summed E-state index contributed by atoms with van der Waals surface area (Å²) in [6.45, 7) is 4.30. The van der Waals surface area contributed by atoms with Crippen LogP contribution in [0.5, 0.6) is 5.88 Å². The fourth-order valence-corrected chi connectivity index (χ4v) is 2.10. The lowest BCUT2D eigenvalue weighted by atomic mass is 10.2. The van der Waals surface area contributed by atoms with Crippen molar-refractivity contribution in [2.45, 2.75) is 19.8 Å². The van der Waals surface area contributed by atoms with Crippen molar-refractivity contribution in [3.8, 4) is 16.6 Å². The van der Waals surface area contributed by atoms with Gasteiger partial charge in [0.2, 0.25) is 5.88 Å². The van der Waals surface area contributed by atoms with Gasteiger partial charge in [-0.25, -0.2) is 4.98 Å². The highest BCUT2D eigenvalue weighted by Gasteiger charge is 2.09. The van der Waals surface area contributed by atoms with Gasteiger partial charge in [-0.15, -0.1) is 21.5 Å². The smallest absolute Gasteiger partial charge is 0.233 e. The third kappa shape index (κ3) is 2.19. The topological polar surface area (TPSA) is 47.9 Å². The minimum atomic E-state index is 0.498. The Hall–Kier alpha value is -1.49. The van der Waals surface area contributed by atoms with E-state index >= 15 is 0 Å². The van der Waals surface area contributed by atoms with Gasteiger partial charge in [-0.1, -0.05) is 13.8 Å². The second-order valence-electron chi connectivity index (χ2n) is 3.68. The maximum absolute atomic E-state index is 4.96. The largest absolute Gasteiger partial charge is 0.480 e. The van der Waals surface area contributed by atoms with Crippen LogP contribution in [0.1, 0.15) is 24.6 Å². The molecule has 0 N–H and O–H groups in total. The first-order valence-electron chi connectivity index (χ1n) is 5.04. The number of ether oxygens (including phenoxy) is 1. The summed E-state index contributed by atoms with van der Waals surface area (Å²) in [5.41, 5.74) is 0.790. The molecule has 0 aliphatic rings. The maximum Gasteiger partial charge on any atom is 0.233 e. The van der Waals surface area contributed by atoms with E-state index in [0.29, 0.717) is 11.8 Å². The second-order valence-corrected chi connectivity index (χ2v) is 4.75. The van der Waals surface area contributed by atoms with Crippen molar-refractivity contribution in [3.63, 3.8) is 0 Å². The van der Waals surface area contributed by atoms with Crippen molar-refractivity contribution in [2.24, 2.45) is 0 Å². The van der Waals surface area contributed by atoms with Crippen molar-refractivity contribution in [1.29, 1.82) is 0 Å². The van der Waals surface area contributed by atoms with Crippen molar-refractivity contribution in [3.05, 3.63) is 23.2 Å². The van der Waals surface area contributed by atoms with E-state index in [4.69, 9.17) is 4.74 Å². The molecule has 5 heteroatoms. The molecule has 0 radical (unpaired) electrons. The minimum absolute atomic E-state index is 0.498. The Kier molecular flexibility index (Phi) is 3.14. The number of hydrogen-bond acceptors (Lipinski definition) is 5. The lowest BCUT2D eigenvalue weighted by molar-refractivity contribution is 0.392. The minimum Gasteiger partial charge on any atom is -0.480 e. The normalized spacial score (nSPS) is 10.8. The maximum atomic E-state index is 4.96. The van der Waals surface area contributed by atoms with Crippen LogP contribution in [0, 0.1) is 0 Å². The molecule has 0 fully saturated rings. The highest BCUT2D eigenvalue weighted by molar-refractivity contribution is 7.15. The first-order chi connectivity index (χ1) is 7.70. The average molecular weight is 235 g/mol. The molecule has 4 nitrogen and oxygen atoms in total. The van der Waals surface area contributed by atoms with Gasteiger partial charge in [0.25, 0.3) is 0 Å². The molecule has 2 heterocycles. The third-order valence-corrected chi connectivity index (χ3v) is 3.48. The molecular weight excluding hydrogens is 222 g/mol. The highest BCUT2D eigenvalue weighted by atomic mass is 32.1. The van der Waals surface area contributed by atoms with Crippen LogP contribution >= 0.6 is 11.3 Å². The first-order valence-corrected chi connectivity index (χ1v) is 5.86. The molecule has 0 saturated heterocycles. The average Bonchev–Trinajstić information content (AvgIpc) is 2.78. The Labute approximate surface area is 98.3 Å². The van der Waals surface area contributed by atoms with E-state index in [2.05, 4.69) is 29.0 Å². The molecule has 0 aliphatic carbocycles. The third-order valence-electron chi connectivity index (χ3n) is 2.16. The Morgan fingerprint density at radius 3 is 2.56 bits per heavy atom. The van der Waals surface area contributed by atoms with Crippen LogP contribution < -0.4 is 4.74 Å². The van der Waals surface area contributed by atoms with E-state index in [-0.39, 0.29) is 0 Å². The summed E-state index contributed by atoms with van der Waals surface area (Å²) in [5.74, 6) is 1.02. The highest BCUT2D eigenvalue weighted by Crippen LogP contribution is 2.28. The number of nitrogens with zero attached hydrogens (tertiary/aromatic N) is 3. The molecule has 0 atom stereocenters. The van der Waals surface area contributed by atoms with E-state index in [1.54, 1.807) is 24.5 Å². The van der Waals surface area contributed by atoms with Crippen LogP contribution in [0.2, 0.25) is 0 Å². The molecule has 2 aromatic heterocycles. The molecule has 0 aromatic carbocycles. The summed E-state index contributed by atoms with van der Waals surface area (Å²) >= 11 is 1.65. The predicted molar refractivity (Wildman–Crippen MR) is 63.8 cm³/mol. The molecule has 0 saturated carbocycles. The van der Waals surface area contributed by atoms with Gasteiger partial charge >= 0.3 is 0 Å². The van der Waals surface area contributed by atoms with Gasteiger partial charge < -0.3 is 4.74 Å². The molecule has 16 heavy (non-hydrogen) atoms. The lowest BCUT2D eigenvalue weighted by Gasteiger charge is -1.98. The number of rotatable bonds is 3. The monoisotopic (exact) mass is 235 g/mol.